The molecule has 0 atom stereocenters. The third-order valence-electron chi connectivity index (χ3n) is 5.85. The predicted molar refractivity (Wildman–Crippen MR) is 123 cm³/mol. The van der Waals surface area contributed by atoms with Crippen LogP contribution < -0.4 is 4.57 Å². The molecule has 29 heavy (non-hydrogen) atoms. The van der Waals surface area contributed by atoms with E-state index < -0.39 is 0 Å². The second-order valence-corrected chi connectivity index (χ2v) is 8.03. The van der Waals surface area contributed by atoms with Gasteiger partial charge in [-0.15, -0.1) is 0 Å². The molecule has 1 heteroatoms. The Kier molecular flexibility index (Phi) is 5.07. The first-order chi connectivity index (χ1) is 14.0. The van der Waals surface area contributed by atoms with Crippen LogP contribution in [0.3, 0.4) is 0 Å². The van der Waals surface area contributed by atoms with E-state index in [1.165, 1.54) is 55.8 Å². The van der Waals surface area contributed by atoms with Crippen molar-refractivity contribution in [1.29, 1.82) is 0 Å². The zero-order chi connectivity index (χ0) is 20.5. The van der Waals surface area contributed by atoms with Crippen molar-refractivity contribution in [3.05, 3.63) is 101 Å². The van der Waals surface area contributed by atoms with Crippen molar-refractivity contribution in [3.63, 3.8) is 0 Å². The van der Waals surface area contributed by atoms with Crippen LogP contribution in [-0.4, -0.2) is 0 Å². The summed E-state index contributed by atoms with van der Waals surface area (Å²) in [7, 11) is 2.13. The molecule has 4 aromatic rings. The van der Waals surface area contributed by atoms with Crippen molar-refractivity contribution < 1.29 is 4.57 Å². The standard InChI is InChI=1S/C28H28N/c1-19-10-9-11-20(2)28(19)24-14-15-29(5)27(17-24)26-18-25(21(3)16-22(26)4)23-12-7-6-8-13-23/h6-18H,1-5H3/q+1. The zero-order valence-electron chi connectivity index (χ0n) is 18.0. The average Bonchev–Trinajstić information content (AvgIpc) is 2.70. The van der Waals surface area contributed by atoms with Crippen molar-refractivity contribution >= 4 is 0 Å². The largest absolute Gasteiger partial charge is 0.213 e. The van der Waals surface area contributed by atoms with E-state index >= 15 is 0 Å². The van der Waals surface area contributed by atoms with E-state index in [2.05, 4.69) is 118 Å². The fraction of sp³-hybridized carbons (Fsp3) is 0.179. The molecule has 0 spiro atoms. The van der Waals surface area contributed by atoms with E-state index in [0.29, 0.717) is 0 Å². The average molecular weight is 379 g/mol. The Balaban J connectivity index is 1.92. The molecule has 0 aliphatic heterocycles. The number of hydrogen-bond donors (Lipinski definition) is 0. The van der Waals surface area contributed by atoms with Gasteiger partial charge in [-0.1, -0.05) is 54.6 Å². The topological polar surface area (TPSA) is 3.88 Å². The van der Waals surface area contributed by atoms with Crippen molar-refractivity contribution in [1.82, 2.24) is 0 Å². The maximum Gasteiger partial charge on any atom is 0.213 e. The number of aryl methyl sites for hydroxylation is 5. The highest BCUT2D eigenvalue weighted by Crippen LogP contribution is 2.33. The lowest BCUT2D eigenvalue weighted by atomic mass is 9.91. The van der Waals surface area contributed by atoms with Crippen molar-refractivity contribution in [2.75, 3.05) is 0 Å². The lowest BCUT2D eigenvalue weighted by Crippen LogP contribution is -2.30. The Morgan fingerprint density at radius 1 is 0.552 bits per heavy atom. The van der Waals surface area contributed by atoms with Crippen molar-refractivity contribution in [2.45, 2.75) is 27.7 Å². The quantitative estimate of drug-likeness (QED) is 0.347. The van der Waals surface area contributed by atoms with Gasteiger partial charge in [-0.2, -0.15) is 0 Å². The van der Waals surface area contributed by atoms with Gasteiger partial charge in [0.05, 0.1) is 0 Å². The van der Waals surface area contributed by atoms with E-state index in [4.69, 9.17) is 0 Å². The summed E-state index contributed by atoms with van der Waals surface area (Å²) in [6, 6.07) is 26.4. The molecule has 0 saturated carbocycles. The summed E-state index contributed by atoms with van der Waals surface area (Å²) in [4.78, 5) is 0. The maximum absolute atomic E-state index is 2.35. The molecular formula is C28H28N+. The number of pyridine rings is 1. The SMILES string of the molecule is Cc1cc(C)c(-c2cc(-c3c(C)cccc3C)cc[n+]2C)cc1-c1ccccc1. The fourth-order valence-corrected chi connectivity index (χ4v) is 4.32. The molecule has 4 rings (SSSR count). The molecule has 0 fully saturated rings. The first-order valence-corrected chi connectivity index (χ1v) is 10.2. The van der Waals surface area contributed by atoms with Gasteiger partial charge in [0.15, 0.2) is 6.20 Å². The molecule has 1 heterocycles. The van der Waals surface area contributed by atoms with Gasteiger partial charge in [0.2, 0.25) is 5.69 Å². The molecule has 144 valence electrons. The van der Waals surface area contributed by atoms with Crippen LogP contribution in [0.15, 0.2) is 79.0 Å². The van der Waals surface area contributed by atoms with Crippen molar-refractivity contribution in [2.24, 2.45) is 7.05 Å². The monoisotopic (exact) mass is 378 g/mol. The predicted octanol–water partition coefficient (Wildman–Crippen LogP) is 6.75. The number of aromatic nitrogens is 1. The van der Waals surface area contributed by atoms with E-state index in [0.717, 1.165) is 0 Å². The number of hydrogen-bond acceptors (Lipinski definition) is 0. The zero-order valence-corrected chi connectivity index (χ0v) is 18.0. The lowest BCUT2D eigenvalue weighted by molar-refractivity contribution is -0.660. The molecule has 1 nitrogen and oxygen atoms in total. The Morgan fingerprint density at radius 3 is 1.90 bits per heavy atom. The Hall–Kier alpha value is -3.19. The van der Waals surface area contributed by atoms with Crippen LogP contribution >= 0.6 is 0 Å². The number of benzene rings is 3. The van der Waals surface area contributed by atoms with Gasteiger partial charge in [0.25, 0.3) is 0 Å². The first kappa shape index (κ1) is 19.1. The highest BCUT2D eigenvalue weighted by atomic mass is 14.9. The number of rotatable bonds is 3. The number of nitrogens with zero attached hydrogens (tertiary/aromatic N) is 1. The minimum absolute atomic E-state index is 1.24. The van der Waals surface area contributed by atoms with Gasteiger partial charge in [-0.3, -0.25) is 0 Å². The molecule has 0 bridgehead atoms. The summed E-state index contributed by atoms with van der Waals surface area (Å²) in [6.45, 7) is 8.80. The Bertz CT molecular complexity index is 1170. The highest BCUT2D eigenvalue weighted by Gasteiger charge is 2.18. The Morgan fingerprint density at radius 2 is 1.21 bits per heavy atom. The van der Waals surface area contributed by atoms with Gasteiger partial charge in [0.1, 0.15) is 7.05 Å². The van der Waals surface area contributed by atoms with E-state index in [1.54, 1.807) is 0 Å². The second-order valence-electron chi connectivity index (χ2n) is 8.03. The summed E-state index contributed by atoms with van der Waals surface area (Å²) in [5, 5.41) is 0. The maximum atomic E-state index is 2.35. The van der Waals surface area contributed by atoms with E-state index in [1.807, 2.05) is 0 Å². The minimum Gasteiger partial charge on any atom is -0.201 e. The van der Waals surface area contributed by atoms with Crippen LogP contribution in [0.2, 0.25) is 0 Å². The second kappa shape index (κ2) is 7.67. The highest BCUT2D eigenvalue weighted by molar-refractivity contribution is 5.78. The lowest BCUT2D eigenvalue weighted by Gasteiger charge is -2.14. The van der Waals surface area contributed by atoms with Gasteiger partial charge in [0, 0.05) is 17.7 Å². The molecule has 0 amide bonds. The van der Waals surface area contributed by atoms with Crippen LogP contribution in [0.4, 0.5) is 0 Å². The fourth-order valence-electron chi connectivity index (χ4n) is 4.32. The minimum atomic E-state index is 1.24. The van der Waals surface area contributed by atoms with E-state index in [9.17, 15) is 0 Å². The molecule has 0 aliphatic carbocycles. The summed E-state index contributed by atoms with van der Waals surface area (Å²) in [6.07, 6.45) is 2.18. The first-order valence-electron chi connectivity index (χ1n) is 10.2. The molecule has 1 aromatic heterocycles. The van der Waals surface area contributed by atoms with Crippen LogP contribution in [0.5, 0.6) is 0 Å². The van der Waals surface area contributed by atoms with Crippen LogP contribution in [0.1, 0.15) is 22.3 Å². The summed E-state index contributed by atoms with van der Waals surface area (Å²) in [5.41, 5.74) is 12.9. The van der Waals surface area contributed by atoms with Gasteiger partial charge < -0.3 is 0 Å². The summed E-state index contributed by atoms with van der Waals surface area (Å²) >= 11 is 0. The van der Waals surface area contributed by atoms with Crippen LogP contribution in [-0.2, 0) is 7.05 Å². The third kappa shape index (κ3) is 3.61. The van der Waals surface area contributed by atoms with E-state index in [-0.39, 0.29) is 0 Å². The van der Waals surface area contributed by atoms with Gasteiger partial charge in [-0.25, -0.2) is 4.57 Å². The van der Waals surface area contributed by atoms with Crippen LogP contribution in [0, 0.1) is 27.7 Å². The Labute approximate surface area is 174 Å². The van der Waals surface area contributed by atoms with Crippen molar-refractivity contribution in [3.8, 4) is 33.5 Å². The summed E-state index contributed by atoms with van der Waals surface area (Å²) < 4.78 is 2.23. The molecule has 3 aromatic carbocycles. The third-order valence-corrected chi connectivity index (χ3v) is 5.85. The smallest absolute Gasteiger partial charge is 0.201 e. The van der Waals surface area contributed by atoms with Gasteiger partial charge >= 0.3 is 0 Å². The van der Waals surface area contributed by atoms with Crippen LogP contribution in [0.25, 0.3) is 33.5 Å². The van der Waals surface area contributed by atoms with Gasteiger partial charge in [-0.05, 0) is 78.3 Å². The molecule has 0 aliphatic rings. The molecule has 0 N–H and O–H groups in total. The molecule has 0 unspecified atom stereocenters. The molecule has 0 saturated heterocycles. The normalized spacial score (nSPS) is 10.9. The molecular weight excluding hydrogens is 350 g/mol. The summed E-state index contributed by atoms with van der Waals surface area (Å²) in [5.74, 6) is 0. The molecule has 0 radical (unpaired) electrons.